The Hall–Kier alpha value is -3.72. The first-order valence-corrected chi connectivity index (χ1v) is 8.50. The zero-order valence-corrected chi connectivity index (χ0v) is 14.7. The number of nitrogens with zero attached hydrogens (tertiary/aromatic N) is 4. The molecule has 0 aliphatic rings. The Labute approximate surface area is 157 Å². The molecule has 0 aliphatic carbocycles. The van der Waals surface area contributed by atoms with Crippen molar-refractivity contribution in [2.75, 3.05) is 6.54 Å². The predicted molar refractivity (Wildman–Crippen MR) is 100.0 cm³/mol. The monoisotopic (exact) mass is 358 g/mol. The van der Waals surface area contributed by atoms with Gasteiger partial charge in [0.05, 0.1) is 30.9 Å². The van der Waals surface area contributed by atoms with Crippen LogP contribution in [0.2, 0.25) is 0 Å². The Bertz CT molecular complexity index is 906. The molecule has 3 rings (SSSR count). The molecule has 0 atom stereocenters. The summed E-state index contributed by atoms with van der Waals surface area (Å²) in [6.45, 7) is 0.704. The summed E-state index contributed by atoms with van der Waals surface area (Å²) < 4.78 is 5.69. The maximum absolute atomic E-state index is 12.9. The van der Waals surface area contributed by atoms with Gasteiger partial charge in [0.15, 0.2) is 0 Å². The van der Waals surface area contributed by atoms with Crippen LogP contribution in [-0.4, -0.2) is 27.3 Å². The van der Waals surface area contributed by atoms with Gasteiger partial charge in [0.1, 0.15) is 11.5 Å². The summed E-state index contributed by atoms with van der Waals surface area (Å²) >= 11 is 0. The minimum Gasteiger partial charge on any atom is -0.456 e. The van der Waals surface area contributed by atoms with E-state index in [1.54, 1.807) is 53.8 Å². The molecule has 0 N–H and O–H groups in total. The van der Waals surface area contributed by atoms with Crippen molar-refractivity contribution >= 4 is 5.91 Å². The van der Waals surface area contributed by atoms with Crippen LogP contribution >= 0.6 is 0 Å². The molecule has 1 amide bonds. The Morgan fingerprint density at radius 2 is 1.89 bits per heavy atom. The molecule has 1 aromatic carbocycles. The molecule has 0 saturated heterocycles. The molecular weight excluding hydrogens is 340 g/mol. The van der Waals surface area contributed by atoms with Crippen molar-refractivity contribution in [3.05, 3.63) is 84.4 Å². The lowest BCUT2D eigenvalue weighted by molar-refractivity contribution is 0.0745. The van der Waals surface area contributed by atoms with Gasteiger partial charge in [0.25, 0.3) is 5.91 Å². The number of carbonyl (C=O) groups is 1. The van der Waals surface area contributed by atoms with Crippen molar-refractivity contribution in [3.8, 4) is 17.6 Å². The second kappa shape index (κ2) is 9.11. The number of amides is 1. The summed E-state index contributed by atoms with van der Waals surface area (Å²) in [5.74, 6) is 1.10. The minimum atomic E-state index is -0.149. The Morgan fingerprint density at radius 3 is 2.56 bits per heavy atom. The van der Waals surface area contributed by atoms with Crippen molar-refractivity contribution in [1.29, 1.82) is 5.26 Å². The van der Waals surface area contributed by atoms with E-state index in [9.17, 15) is 4.79 Å². The second-order valence-corrected chi connectivity index (χ2v) is 5.77. The van der Waals surface area contributed by atoms with E-state index in [2.05, 4.69) is 16.0 Å². The van der Waals surface area contributed by atoms with Crippen LogP contribution in [0.15, 0.2) is 73.2 Å². The summed E-state index contributed by atoms with van der Waals surface area (Å²) in [6, 6.07) is 18.2. The number of nitriles is 1. The van der Waals surface area contributed by atoms with Gasteiger partial charge in [-0.3, -0.25) is 14.8 Å². The Balaban J connectivity index is 1.72. The molecule has 27 heavy (non-hydrogen) atoms. The zero-order chi connectivity index (χ0) is 18.9. The van der Waals surface area contributed by atoms with Crippen molar-refractivity contribution < 1.29 is 9.53 Å². The van der Waals surface area contributed by atoms with Crippen LogP contribution in [0.4, 0.5) is 0 Å². The van der Waals surface area contributed by atoms with Crippen molar-refractivity contribution in [2.24, 2.45) is 0 Å². The van der Waals surface area contributed by atoms with E-state index in [-0.39, 0.29) is 12.3 Å². The summed E-state index contributed by atoms with van der Waals surface area (Å²) in [5, 5.41) is 8.88. The average Bonchev–Trinajstić information content (AvgIpc) is 2.73. The summed E-state index contributed by atoms with van der Waals surface area (Å²) in [5.41, 5.74) is 1.31. The smallest absolute Gasteiger partial charge is 0.254 e. The number of rotatable bonds is 7. The number of pyridine rings is 2. The number of ether oxygens (including phenoxy) is 1. The topological polar surface area (TPSA) is 79.1 Å². The lowest BCUT2D eigenvalue weighted by Crippen LogP contribution is -2.31. The molecule has 0 spiro atoms. The highest BCUT2D eigenvalue weighted by Gasteiger charge is 2.16. The molecule has 6 heteroatoms. The number of benzene rings is 1. The Kier molecular flexibility index (Phi) is 6.10. The highest BCUT2D eigenvalue weighted by atomic mass is 16.5. The van der Waals surface area contributed by atoms with Gasteiger partial charge in [-0.1, -0.05) is 6.07 Å². The van der Waals surface area contributed by atoms with Crippen LogP contribution in [0, 0.1) is 11.3 Å². The number of carbonyl (C=O) groups excluding carboxylic acids is 1. The molecule has 6 nitrogen and oxygen atoms in total. The lowest BCUT2D eigenvalue weighted by Gasteiger charge is -2.21. The van der Waals surface area contributed by atoms with Crippen LogP contribution in [0.25, 0.3) is 0 Å². The molecule has 3 aromatic rings. The van der Waals surface area contributed by atoms with Crippen molar-refractivity contribution in [1.82, 2.24) is 14.9 Å². The van der Waals surface area contributed by atoms with E-state index in [1.807, 2.05) is 24.3 Å². The fourth-order valence-corrected chi connectivity index (χ4v) is 2.52. The van der Waals surface area contributed by atoms with Gasteiger partial charge in [-0.15, -0.1) is 0 Å². The molecule has 2 aromatic heterocycles. The largest absolute Gasteiger partial charge is 0.456 e. The van der Waals surface area contributed by atoms with Crippen molar-refractivity contribution in [2.45, 2.75) is 13.0 Å². The molecule has 0 radical (unpaired) electrons. The molecular formula is C21H18N4O2. The Morgan fingerprint density at radius 1 is 1.04 bits per heavy atom. The van der Waals surface area contributed by atoms with Gasteiger partial charge in [0.2, 0.25) is 0 Å². The standard InChI is InChI=1S/C21H18N4O2/c22-11-4-14-25(16-18-5-1-2-13-24-18)21(26)17-7-9-19(10-8-17)27-20-6-3-12-23-15-20/h1-3,5-10,12-13,15H,4,14,16H2. The SMILES string of the molecule is N#CCCN(Cc1ccccn1)C(=O)c1ccc(Oc2cccnc2)cc1. The predicted octanol–water partition coefficient (Wildman–Crippen LogP) is 3.82. The van der Waals surface area contributed by atoms with Gasteiger partial charge >= 0.3 is 0 Å². The average molecular weight is 358 g/mol. The number of hydrogen-bond donors (Lipinski definition) is 0. The van der Waals surface area contributed by atoms with E-state index in [0.717, 1.165) is 5.69 Å². The molecule has 2 heterocycles. The summed E-state index contributed by atoms with van der Waals surface area (Å²) in [4.78, 5) is 22.8. The van der Waals surface area contributed by atoms with Crippen molar-refractivity contribution in [3.63, 3.8) is 0 Å². The first kappa shape index (κ1) is 18.1. The quantitative estimate of drug-likeness (QED) is 0.641. The van der Waals surface area contributed by atoms with Crippen LogP contribution in [0.3, 0.4) is 0 Å². The molecule has 0 saturated carbocycles. The molecule has 134 valence electrons. The van der Waals surface area contributed by atoms with E-state index >= 15 is 0 Å². The fourth-order valence-electron chi connectivity index (χ4n) is 2.52. The maximum Gasteiger partial charge on any atom is 0.254 e. The van der Waals surface area contributed by atoms with E-state index < -0.39 is 0 Å². The van der Waals surface area contributed by atoms with Gasteiger partial charge in [-0.25, -0.2) is 0 Å². The normalized spacial score (nSPS) is 10.0. The zero-order valence-electron chi connectivity index (χ0n) is 14.7. The summed E-state index contributed by atoms with van der Waals surface area (Å²) in [6.07, 6.45) is 5.25. The number of hydrogen-bond acceptors (Lipinski definition) is 5. The highest BCUT2D eigenvalue weighted by molar-refractivity contribution is 5.94. The van der Waals surface area contributed by atoms with Gasteiger partial charge in [-0.2, -0.15) is 5.26 Å². The fraction of sp³-hybridized carbons (Fsp3) is 0.143. The molecule has 0 unspecified atom stereocenters. The van der Waals surface area contributed by atoms with Gasteiger partial charge in [0, 0.05) is 24.5 Å². The second-order valence-electron chi connectivity index (χ2n) is 5.77. The molecule has 0 bridgehead atoms. The molecule has 0 aliphatic heterocycles. The van der Waals surface area contributed by atoms with Crippen LogP contribution in [0.5, 0.6) is 11.5 Å². The third kappa shape index (κ3) is 5.13. The van der Waals surface area contributed by atoms with Gasteiger partial charge in [-0.05, 0) is 48.5 Å². The highest BCUT2D eigenvalue weighted by Crippen LogP contribution is 2.21. The van der Waals surface area contributed by atoms with Gasteiger partial charge < -0.3 is 9.64 Å². The third-order valence-electron chi connectivity index (χ3n) is 3.83. The minimum absolute atomic E-state index is 0.149. The van der Waals surface area contributed by atoms with Crippen LogP contribution < -0.4 is 4.74 Å². The van der Waals surface area contributed by atoms with Crippen LogP contribution in [-0.2, 0) is 6.54 Å². The van der Waals surface area contributed by atoms with E-state index in [1.165, 1.54) is 0 Å². The molecule has 0 fully saturated rings. The number of aromatic nitrogens is 2. The first-order valence-electron chi connectivity index (χ1n) is 8.50. The third-order valence-corrected chi connectivity index (χ3v) is 3.83. The van der Waals surface area contributed by atoms with Crippen LogP contribution in [0.1, 0.15) is 22.5 Å². The maximum atomic E-state index is 12.9. The van der Waals surface area contributed by atoms with E-state index in [4.69, 9.17) is 10.00 Å². The first-order chi connectivity index (χ1) is 13.3. The summed E-state index contributed by atoms with van der Waals surface area (Å²) in [7, 11) is 0. The lowest BCUT2D eigenvalue weighted by atomic mass is 10.1. The van der Waals surface area contributed by atoms with E-state index in [0.29, 0.717) is 30.2 Å².